The third-order valence-corrected chi connectivity index (χ3v) is 6.48. The molecule has 1 N–H and O–H groups in total. The molecule has 2 fully saturated rings. The van der Waals surface area contributed by atoms with E-state index in [1.54, 1.807) is 0 Å². The van der Waals surface area contributed by atoms with Crippen molar-refractivity contribution in [3.63, 3.8) is 0 Å². The number of anilines is 1. The van der Waals surface area contributed by atoms with Gasteiger partial charge in [-0.1, -0.05) is 6.92 Å². The van der Waals surface area contributed by atoms with Crippen molar-refractivity contribution in [2.45, 2.75) is 58.9 Å². The number of carbonyl (C=O) groups excluding carboxylic acids is 1. The maximum atomic E-state index is 12.6. The van der Waals surface area contributed by atoms with Crippen LogP contribution in [0.25, 0.3) is 0 Å². The summed E-state index contributed by atoms with van der Waals surface area (Å²) in [4.78, 5) is 28.5. The molecule has 0 aromatic carbocycles. The summed E-state index contributed by atoms with van der Waals surface area (Å²) in [5, 5.41) is 4.41. The molecule has 3 heterocycles. The Hall–Kier alpha value is -1.90. The summed E-state index contributed by atoms with van der Waals surface area (Å²) in [6, 6.07) is 0.370. The second kappa shape index (κ2) is 10.8. The summed E-state index contributed by atoms with van der Waals surface area (Å²) in [7, 11) is 0. The van der Waals surface area contributed by atoms with Gasteiger partial charge >= 0.3 is 0 Å². The van der Waals surface area contributed by atoms with Crippen molar-refractivity contribution in [3.05, 3.63) is 5.82 Å². The highest BCUT2D eigenvalue weighted by atomic mass is 32.1. The first kappa shape index (κ1) is 21.8. The predicted molar refractivity (Wildman–Crippen MR) is 119 cm³/mol. The van der Waals surface area contributed by atoms with Crippen LogP contribution in [-0.2, 0) is 11.2 Å². The summed E-state index contributed by atoms with van der Waals surface area (Å²) < 4.78 is 4.40. The van der Waals surface area contributed by atoms with Gasteiger partial charge in [0.05, 0.1) is 6.54 Å². The molecule has 2 aliphatic heterocycles. The summed E-state index contributed by atoms with van der Waals surface area (Å²) >= 11 is 1.49. The number of carbonyl (C=O) groups is 1. The zero-order valence-electron chi connectivity index (χ0n) is 18.1. The number of nitrogens with zero attached hydrogens (tertiary/aromatic N) is 6. The lowest BCUT2D eigenvalue weighted by atomic mass is 10.0. The molecule has 29 heavy (non-hydrogen) atoms. The van der Waals surface area contributed by atoms with Gasteiger partial charge in [-0.25, -0.2) is 4.98 Å². The number of amides is 1. The Morgan fingerprint density at radius 2 is 2.00 bits per heavy atom. The largest absolute Gasteiger partial charge is 0.357 e. The van der Waals surface area contributed by atoms with Crippen LogP contribution in [0.15, 0.2) is 4.99 Å². The molecule has 0 bridgehead atoms. The average Bonchev–Trinajstić information content (AvgIpc) is 3.23. The molecular formula is C20H35N7OS. The van der Waals surface area contributed by atoms with E-state index in [0.29, 0.717) is 19.0 Å². The Morgan fingerprint density at radius 3 is 2.66 bits per heavy atom. The number of hydrogen-bond acceptors (Lipinski definition) is 6. The van der Waals surface area contributed by atoms with Crippen molar-refractivity contribution >= 4 is 28.5 Å². The van der Waals surface area contributed by atoms with Gasteiger partial charge in [-0.3, -0.25) is 9.79 Å². The highest BCUT2D eigenvalue weighted by Gasteiger charge is 2.24. The van der Waals surface area contributed by atoms with E-state index >= 15 is 0 Å². The van der Waals surface area contributed by atoms with Crippen molar-refractivity contribution in [2.75, 3.05) is 50.7 Å². The molecule has 8 nitrogen and oxygen atoms in total. The Balaban J connectivity index is 1.50. The van der Waals surface area contributed by atoms with Crippen LogP contribution in [0.2, 0.25) is 0 Å². The van der Waals surface area contributed by atoms with Gasteiger partial charge in [0.1, 0.15) is 5.82 Å². The fraction of sp³-hybridized carbons (Fsp3) is 0.800. The monoisotopic (exact) mass is 421 g/mol. The van der Waals surface area contributed by atoms with Crippen molar-refractivity contribution < 1.29 is 4.79 Å². The van der Waals surface area contributed by atoms with Crippen LogP contribution in [0.5, 0.6) is 0 Å². The average molecular weight is 422 g/mol. The summed E-state index contributed by atoms with van der Waals surface area (Å²) in [6.45, 7) is 12.2. The fourth-order valence-electron chi connectivity index (χ4n) is 3.92. The third kappa shape index (κ3) is 5.81. The molecule has 1 aromatic rings. The first-order chi connectivity index (χ1) is 14.1. The van der Waals surface area contributed by atoms with E-state index in [1.165, 1.54) is 18.0 Å². The van der Waals surface area contributed by atoms with Gasteiger partial charge in [0.2, 0.25) is 11.0 Å². The number of piperazine rings is 1. The van der Waals surface area contributed by atoms with Gasteiger partial charge in [-0.2, -0.15) is 4.37 Å². The van der Waals surface area contributed by atoms with E-state index in [4.69, 9.17) is 4.99 Å². The highest BCUT2D eigenvalue weighted by molar-refractivity contribution is 7.09. The summed E-state index contributed by atoms with van der Waals surface area (Å²) in [5.41, 5.74) is 0. The molecule has 9 heteroatoms. The SMILES string of the molecule is CCNC(=NCCC(=O)N1CCCCC1C)N1CCN(c2nc(CC)ns2)CC1. The number of nitrogens with one attached hydrogen (secondary N) is 1. The van der Waals surface area contributed by atoms with Crippen LogP contribution in [0.3, 0.4) is 0 Å². The molecular weight excluding hydrogens is 386 g/mol. The van der Waals surface area contributed by atoms with Gasteiger partial charge < -0.3 is 20.0 Å². The van der Waals surface area contributed by atoms with Crippen LogP contribution in [0.1, 0.15) is 52.3 Å². The van der Waals surface area contributed by atoms with Crippen LogP contribution in [0, 0.1) is 0 Å². The second-order valence-corrected chi connectivity index (χ2v) is 8.47. The first-order valence-electron chi connectivity index (χ1n) is 11.0. The first-order valence-corrected chi connectivity index (χ1v) is 11.8. The van der Waals surface area contributed by atoms with Crippen LogP contribution in [-0.4, -0.2) is 82.9 Å². The van der Waals surface area contributed by atoms with E-state index in [2.05, 4.69) is 45.2 Å². The quantitative estimate of drug-likeness (QED) is 0.559. The van der Waals surface area contributed by atoms with E-state index in [1.807, 2.05) is 4.90 Å². The molecule has 162 valence electrons. The van der Waals surface area contributed by atoms with Gasteiger partial charge in [-0.05, 0) is 33.1 Å². The summed E-state index contributed by atoms with van der Waals surface area (Å²) in [5.74, 6) is 2.08. The number of rotatable bonds is 6. The van der Waals surface area contributed by atoms with Gasteiger partial charge in [0.15, 0.2) is 5.96 Å². The Morgan fingerprint density at radius 1 is 1.21 bits per heavy atom. The number of aryl methyl sites for hydroxylation is 1. The van der Waals surface area contributed by atoms with E-state index < -0.39 is 0 Å². The van der Waals surface area contributed by atoms with E-state index in [9.17, 15) is 4.79 Å². The number of aromatic nitrogens is 2. The van der Waals surface area contributed by atoms with E-state index in [-0.39, 0.29) is 5.91 Å². The molecule has 1 amide bonds. The molecule has 2 saturated heterocycles. The summed E-state index contributed by atoms with van der Waals surface area (Å²) in [6.07, 6.45) is 4.85. The normalized spacial score (nSPS) is 20.9. The lowest BCUT2D eigenvalue weighted by Crippen LogP contribution is -2.52. The maximum absolute atomic E-state index is 12.6. The molecule has 1 atom stereocenters. The van der Waals surface area contributed by atoms with Crippen molar-refractivity contribution in [2.24, 2.45) is 4.99 Å². The predicted octanol–water partition coefficient (Wildman–Crippen LogP) is 1.98. The van der Waals surface area contributed by atoms with Crippen molar-refractivity contribution in [1.29, 1.82) is 0 Å². The standard InChI is InChI=1S/C20H35N7OS/c1-4-17-23-20(29-24-17)26-14-12-25(13-15-26)19(21-5-2)22-10-9-18(28)27-11-7-6-8-16(27)3/h16H,4-15H2,1-3H3,(H,21,22). The highest BCUT2D eigenvalue weighted by Crippen LogP contribution is 2.19. The zero-order chi connectivity index (χ0) is 20.6. The number of piperidine rings is 1. The van der Waals surface area contributed by atoms with Crippen molar-refractivity contribution in [3.8, 4) is 0 Å². The smallest absolute Gasteiger partial charge is 0.224 e. The van der Waals surface area contributed by atoms with Gasteiger partial charge in [0, 0.05) is 69.7 Å². The molecule has 0 radical (unpaired) electrons. The molecule has 0 spiro atoms. The lowest BCUT2D eigenvalue weighted by molar-refractivity contribution is -0.134. The Bertz CT molecular complexity index is 684. The molecule has 0 saturated carbocycles. The lowest BCUT2D eigenvalue weighted by Gasteiger charge is -2.36. The number of hydrogen-bond donors (Lipinski definition) is 1. The minimum atomic E-state index is 0.240. The number of likely N-dealkylation sites (tertiary alicyclic amines) is 1. The molecule has 1 aromatic heterocycles. The zero-order valence-corrected chi connectivity index (χ0v) is 18.9. The fourth-order valence-corrected chi connectivity index (χ4v) is 4.72. The number of guanidine groups is 1. The maximum Gasteiger partial charge on any atom is 0.224 e. The number of aliphatic imine (C=N–C) groups is 1. The molecule has 3 rings (SSSR count). The second-order valence-electron chi connectivity index (χ2n) is 7.74. The van der Waals surface area contributed by atoms with Crippen LogP contribution in [0.4, 0.5) is 5.13 Å². The Labute approximate surface area is 178 Å². The minimum absolute atomic E-state index is 0.240. The topological polar surface area (TPSA) is 77.0 Å². The van der Waals surface area contributed by atoms with Crippen LogP contribution >= 0.6 is 11.5 Å². The van der Waals surface area contributed by atoms with E-state index in [0.717, 1.165) is 75.4 Å². The van der Waals surface area contributed by atoms with Crippen LogP contribution < -0.4 is 10.2 Å². The third-order valence-electron chi connectivity index (χ3n) is 5.67. The van der Waals surface area contributed by atoms with Gasteiger partial charge in [-0.15, -0.1) is 0 Å². The minimum Gasteiger partial charge on any atom is -0.357 e. The molecule has 0 aliphatic carbocycles. The Kier molecular flexibility index (Phi) is 8.09. The van der Waals surface area contributed by atoms with Crippen molar-refractivity contribution in [1.82, 2.24) is 24.5 Å². The molecule has 2 aliphatic rings. The van der Waals surface area contributed by atoms with Gasteiger partial charge in [0.25, 0.3) is 0 Å². The molecule has 1 unspecified atom stereocenters.